The highest BCUT2D eigenvalue weighted by molar-refractivity contribution is 7.88. The van der Waals surface area contributed by atoms with E-state index in [0.717, 1.165) is 50.4 Å². The molecule has 1 aromatic rings. The minimum atomic E-state index is -3.10. The van der Waals surface area contributed by atoms with Crippen molar-refractivity contribution in [3.63, 3.8) is 0 Å². The SMILES string of the molecule is COc1ccc(OCCCN2CCC(NS(C)(=O)=O)CC2)cc1. The van der Waals surface area contributed by atoms with Gasteiger partial charge >= 0.3 is 0 Å². The van der Waals surface area contributed by atoms with Crippen LogP contribution >= 0.6 is 0 Å². The van der Waals surface area contributed by atoms with Crippen molar-refractivity contribution >= 4 is 10.0 Å². The summed E-state index contributed by atoms with van der Waals surface area (Å²) < 4.78 is 35.9. The van der Waals surface area contributed by atoms with Crippen molar-refractivity contribution in [2.24, 2.45) is 0 Å². The third kappa shape index (κ3) is 6.76. The van der Waals surface area contributed by atoms with Crippen molar-refractivity contribution in [2.45, 2.75) is 25.3 Å². The normalized spacial score (nSPS) is 17.1. The largest absolute Gasteiger partial charge is 0.497 e. The van der Waals surface area contributed by atoms with Crippen LogP contribution < -0.4 is 14.2 Å². The Labute approximate surface area is 138 Å². The van der Waals surface area contributed by atoms with Gasteiger partial charge in [0.25, 0.3) is 0 Å². The summed E-state index contributed by atoms with van der Waals surface area (Å²) in [4.78, 5) is 2.36. The van der Waals surface area contributed by atoms with Crippen LogP contribution in [0.5, 0.6) is 11.5 Å². The van der Waals surface area contributed by atoms with Gasteiger partial charge in [0.05, 0.1) is 20.0 Å². The summed E-state index contributed by atoms with van der Waals surface area (Å²) in [6.07, 6.45) is 3.91. The van der Waals surface area contributed by atoms with E-state index in [0.29, 0.717) is 6.61 Å². The summed E-state index contributed by atoms with van der Waals surface area (Å²) >= 11 is 0. The molecule has 0 atom stereocenters. The lowest BCUT2D eigenvalue weighted by molar-refractivity contribution is 0.189. The van der Waals surface area contributed by atoms with Crippen LogP contribution in [0, 0.1) is 0 Å². The Morgan fingerprint density at radius 2 is 1.78 bits per heavy atom. The van der Waals surface area contributed by atoms with Crippen LogP contribution in [0.4, 0.5) is 0 Å². The molecule has 1 aliphatic rings. The van der Waals surface area contributed by atoms with E-state index in [-0.39, 0.29) is 6.04 Å². The quantitative estimate of drug-likeness (QED) is 0.725. The third-order valence-electron chi connectivity index (χ3n) is 3.92. The van der Waals surface area contributed by atoms with E-state index < -0.39 is 10.0 Å². The van der Waals surface area contributed by atoms with Crippen molar-refractivity contribution in [1.82, 2.24) is 9.62 Å². The zero-order valence-corrected chi connectivity index (χ0v) is 14.6. The number of methoxy groups -OCH3 is 1. The van der Waals surface area contributed by atoms with Crippen molar-refractivity contribution in [3.8, 4) is 11.5 Å². The summed E-state index contributed by atoms with van der Waals surface area (Å²) in [5, 5.41) is 0. The van der Waals surface area contributed by atoms with Crippen LogP contribution in [-0.4, -0.2) is 59.0 Å². The Morgan fingerprint density at radius 1 is 1.17 bits per heavy atom. The number of likely N-dealkylation sites (tertiary alicyclic amines) is 1. The molecule has 0 unspecified atom stereocenters. The number of sulfonamides is 1. The van der Waals surface area contributed by atoms with Crippen molar-refractivity contribution in [3.05, 3.63) is 24.3 Å². The van der Waals surface area contributed by atoms with E-state index >= 15 is 0 Å². The summed E-state index contributed by atoms with van der Waals surface area (Å²) in [7, 11) is -1.45. The molecule has 7 heteroatoms. The molecule has 1 N–H and O–H groups in total. The second-order valence-corrected chi connectivity index (χ2v) is 7.66. The van der Waals surface area contributed by atoms with Gasteiger partial charge in [-0.25, -0.2) is 13.1 Å². The number of rotatable bonds is 8. The molecule has 23 heavy (non-hydrogen) atoms. The lowest BCUT2D eigenvalue weighted by Crippen LogP contribution is -2.44. The molecule has 0 spiro atoms. The van der Waals surface area contributed by atoms with Gasteiger partial charge in [-0.2, -0.15) is 0 Å². The highest BCUT2D eigenvalue weighted by Crippen LogP contribution is 2.17. The number of nitrogens with zero attached hydrogens (tertiary/aromatic N) is 1. The monoisotopic (exact) mass is 342 g/mol. The molecular weight excluding hydrogens is 316 g/mol. The Bertz CT molecular complexity index is 566. The molecule has 0 saturated carbocycles. The van der Waals surface area contributed by atoms with Gasteiger partial charge in [-0.3, -0.25) is 0 Å². The predicted octanol–water partition coefficient (Wildman–Crippen LogP) is 1.48. The number of piperidine rings is 1. The summed E-state index contributed by atoms with van der Waals surface area (Å²) in [6.45, 7) is 3.50. The van der Waals surface area contributed by atoms with Crippen LogP contribution in [0.2, 0.25) is 0 Å². The first-order valence-electron chi connectivity index (χ1n) is 7.93. The molecule has 0 aliphatic carbocycles. The third-order valence-corrected chi connectivity index (χ3v) is 4.68. The van der Waals surface area contributed by atoms with Crippen LogP contribution in [0.3, 0.4) is 0 Å². The molecular formula is C16H26N2O4S. The standard InChI is InChI=1S/C16H26N2O4S/c1-21-15-4-6-16(7-5-15)22-13-3-10-18-11-8-14(9-12-18)17-23(2,19)20/h4-7,14,17H,3,8-13H2,1-2H3. The maximum atomic E-state index is 11.2. The fourth-order valence-electron chi connectivity index (χ4n) is 2.73. The van der Waals surface area contributed by atoms with E-state index in [4.69, 9.17) is 9.47 Å². The average Bonchev–Trinajstić information content (AvgIpc) is 2.52. The average molecular weight is 342 g/mol. The van der Waals surface area contributed by atoms with Gasteiger partial charge in [-0.05, 0) is 56.6 Å². The second kappa shape index (κ2) is 8.52. The van der Waals surface area contributed by atoms with E-state index in [1.54, 1.807) is 7.11 Å². The zero-order chi connectivity index (χ0) is 16.7. The Morgan fingerprint density at radius 3 is 2.35 bits per heavy atom. The van der Waals surface area contributed by atoms with Gasteiger partial charge in [-0.1, -0.05) is 0 Å². The number of hydrogen-bond acceptors (Lipinski definition) is 5. The summed E-state index contributed by atoms with van der Waals surface area (Å²) in [5.74, 6) is 1.67. The van der Waals surface area contributed by atoms with Gasteiger partial charge in [0.2, 0.25) is 10.0 Å². The van der Waals surface area contributed by atoms with Crippen LogP contribution in [0.1, 0.15) is 19.3 Å². The maximum absolute atomic E-state index is 11.2. The zero-order valence-electron chi connectivity index (χ0n) is 13.8. The number of nitrogens with one attached hydrogen (secondary N) is 1. The molecule has 1 saturated heterocycles. The Kier molecular flexibility index (Phi) is 6.68. The van der Waals surface area contributed by atoms with Gasteiger partial charge < -0.3 is 14.4 Å². The maximum Gasteiger partial charge on any atom is 0.208 e. The molecule has 2 rings (SSSR count). The molecule has 1 heterocycles. The molecule has 0 aromatic heterocycles. The molecule has 1 aromatic carbocycles. The van der Waals surface area contributed by atoms with E-state index in [1.807, 2.05) is 24.3 Å². The first-order valence-corrected chi connectivity index (χ1v) is 9.82. The van der Waals surface area contributed by atoms with E-state index in [2.05, 4.69) is 9.62 Å². The first-order chi connectivity index (χ1) is 11.0. The number of hydrogen-bond donors (Lipinski definition) is 1. The topological polar surface area (TPSA) is 67.9 Å². The fraction of sp³-hybridized carbons (Fsp3) is 0.625. The molecule has 0 radical (unpaired) electrons. The minimum Gasteiger partial charge on any atom is -0.497 e. The summed E-state index contributed by atoms with van der Waals surface area (Å²) in [5.41, 5.74) is 0. The molecule has 1 fully saturated rings. The van der Waals surface area contributed by atoms with E-state index in [9.17, 15) is 8.42 Å². The highest BCUT2D eigenvalue weighted by Gasteiger charge is 2.21. The van der Waals surface area contributed by atoms with Crippen LogP contribution in [0.15, 0.2) is 24.3 Å². The number of benzene rings is 1. The lowest BCUT2D eigenvalue weighted by Gasteiger charge is -2.31. The Hall–Kier alpha value is -1.31. The molecule has 0 bridgehead atoms. The molecule has 1 aliphatic heterocycles. The molecule has 0 amide bonds. The predicted molar refractivity (Wildman–Crippen MR) is 90.5 cm³/mol. The van der Waals surface area contributed by atoms with Gasteiger partial charge in [-0.15, -0.1) is 0 Å². The van der Waals surface area contributed by atoms with Crippen molar-refractivity contribution in [1.29, 1.82) is 0 Å². The van der Waals surface area contributed by atoms with Crippen molar-refractivity contribution in [2.75, 3.05) is 39.6 Å². The number of ether oxygens (including phenoxy) is 2. The van der Waals surface area contributed by atoms with Crippen LogP contribution in [0.25, 0.3) is 0 Å². The van der Waals surface area contributed by atoms with Gasteiger partial charge in [0.15, 0.2) is 0 Å². The highest BCUT2D eigenvalue weighted by atomic mass is 32.2. The van der Waals surface area contributed by atoms with Crippen molar-refractivity contribution < 1.29 is 17.9 Å². The van der Waals surface area contributed by atoms with Crippen LogP contribution in [-0.2, 0) is 10.0 Å². The lowest BCUT2D eigenvalue weighted by atomic mass is 10.1. The van der Waals surface area contributed by atoms with E-state index in [1.165, 1.54) is 6.26 Å². The second-order valence-electron chi connectivity index (χ2n) is 5.88. The first kappa shape index (κ1) is 18.0. The molecule has 6 nitrogen and oxygen atoms in total. The Balaban J connectivity index is 1.60. The van der Waals surface area contributed by atoms with Gasteiger partial charge in [0, 0.05) is 12.6 Å². The smallest absolute Gasteiger partial charge is 0.208 e. The molecule has 130 valence electrons. The summed E-state index contributed by atoms with van der Waals surface area (Å²) in [6, 6.07) is 7.66. The fourth-order valence-corrected chi connectivity index (χ4v) is 3.57. The minimum absolute atomic E-state index is 0.0804. The van der Waals surface area contributed by atoms with Gasteiger partial charge in [0.1, 0.15) is 11.5 Å².